The second kappa shape index (κ2) is 7.08. The second-order valence-electron chi connectivity index (χ2n) is 6.96. The van der Waals surface area contributed by atoms with E-state index in [1.807, 2.05) is 18.2 Å². The molecule has 1 aromatic carbocycles. The topological polar surface area (TPSA) is 115 Å². The summed E-state index contributed by atoms with van der Waals surface area (Å²) in [7, 11) is 3.07. The van der Waals surface area contributed by atoms with Crippen molar-refractivity contribution in [1.82, 2.24) is 19.9 Å². The number of pyridine rings is 1. The maximum atomic E-state index is 13.0. The number of aryl methyl sites for hydroxylation is 2. The first-order chi connectivity index (χ1) is 13.9. The molecule has 150 valence electrons. The molecule has 0 radical (unpaired) electrons. The molecule has 0 spiro atoms. The first kappa shape index (κ1) is 18.7. The fraction of sp³-hybridized carbons (Fsp3) is 0.300. The molecule has 1 amide bonds. The SMILES string of the molecule is COc1cccc2c1OC[C@@H](NC(=O)c1cc(C)nc3c1c(=O)[nH]c(=O)n3C)C2. The second-order valence-corrected chi connectivity index (χ2v) is 6.96. The van der Waals surface area contributed by atoms with Crippen molar-refractivity contribution in [2.75, 3.05) is 13.7 Å². The summed E-state index contributed by atoms with van der Waals surface area (Å²) in [4.78, 5) is 43.7. The van der Waals surface area contributed by atoms with E-state index in [1.54, 1.807) is 14.0 Å². The van der Waals surface area contributed by atoms with Crippen LogP contribution in [0.2, 0.25) is 0 Å². The van der Waals surface area contributed by atoms with Crippen LogP contribution >= 0.6 is 0 Å². The van der Waals surface area contributed by atoms with E-state index in [4.69, 9.17) is 9.47 Å². The summed E-state index contributed by atoms with van der Waals surface area (Å²) in [5, 5.41) is 3.00. The Hall–Kier alpha value is -3.62. The van der Waals surface area contributed by atoms with Crippen molar-refractivity contribution in [3.8, 4) is 11.5 Å². The lowest BCUT2D eigenvalue weighted by atomic mass is 10.0. The molecule has 1 aliphatic rings. The highest BCUT2D eigenvalue weighted by atomic mass is 16.5. The Morgan fingerprint density at radius 3 is 2.93 bits per heavy atom. The third kappa shape index (κ3) is 3.24. The molecule has 9 nitrogen and oxygen atoms in total. The third-order valence-corrected chi connectivity index (χ3v) is 4.95. The molecule has 0 saturated carbocycles. The number of hydrogen-bond acceptors (Lipinski definition) is 6. The molecule has 0 unspecified atom stereocenters. The number of methoxy groups -OCH3 is 1. The minimum Gasteiger partial charge on any atom is -0.493 e. The Bertz CT molecular complexity index is 1240. The van der Waals surface area contributed by atoms with Gasteiger partial charge in [0.2, 0.25) is 0 Å². The van der Waals surface area contributed by atoms with E-state index in [1.165, 1.54) is 17.7 Å². The standard InChI is InChI=1S/C20H20N4O5/c1-10-7-13(15-17(21-10)24(2)20(27)23-19(15)26)18(25)22-12-8-11-5-4-6-14(28-3)16(11)29-9-12/h4-7,12H,8-9H2,1-3H3,(H,22,25)(H,23,26,27)/t12-/m0/s1. The van der Waals surface area contributed by atoms with Crippen molar-refractivity contribution >= 4 is 16.9 Å². The van der Waals surface area contributed by atoms with Crippen molar-refractivity contribution in [3.05, 3.63) is 61.9 Å². The number of hydrogen-bond donors (Lipinski definition) is 2. The normalized spacial score (nSPS) is 15.5. The van der Waals surface area contributed by atoms with Crippen LogP contribution in [0.15, 0.2) is 33.9 Å². The van der Waals surface area contributed by atoms with Crippen LogP contribution in [0.25, 0.3) is 11.0 Å². The Labute approximate surface area is 165 Å². The highest BCUT2D eigenvalue weighted by Crippen LogP contribution is 2.34. The Morgan fingerprint density at radius 1 is 1.38 bits per heavy atom. The number of nitrogens with one attached hydrogen (secondary N) is 2. The smallest absolute Gasteiger partial charge is 0.329 e. The number of H-pyrrole nitrogens is 1. The van der Waals surface area contributed by atoms with Crippen LogP contribution in [0.3, 0.4) is 0 Å². The molecule has 3 heterocycles. The van der Waals surface area contributed by atoms with Crippen LogP contribution in [-0.2, 0) is 13.5 Å². The molecule has 0 fully saturated rings. The molecule has 2 aromatic heterocycles. The summed E-state index contributed by atoms with van der Waals surface area (Å²) in [6.45, 7) is 1.98. The van der Waals surface area contributed by atoms with Gasteiger partial charge in [0.05, 0.1) is 24.1 Å². The van der Waals surface area contributed by atoms with Crippen LogP contribution in [0.1, 0.15) is 21.6 Å². The lowest BCUT2D eigenvalue weighted by molar-refractivity contribution is 0.0916. The number of rotatable bonds is 3. The first-order valence-corrected chi connectivity index (χ1v) is 9.09. The zero-order valence-electron chi connectivity index (χ0n) is 16.2. The number of carbonyl (C=O) groups excluding carboxylic acids is 1. The van der Waals surface area contributed by atoms with Gasteiger partial charge in [0.25, 0.3) is 11.5 Å². The van der Waals surface area contributed by atoms with E-state index in [2.05, 4.69) is 15.3 Å². The third-order valence-electron chi connectivity index (χ3n) is 4.95. The van der Waals surface area contributed by atoms with Crippen LogP contribution in [0, 0.1) is 6.92 Å². The van der Waals surface area contributed by atoms with Gasteiger partial charge in [-0.05, 0) is 25.5 Å². The largest absolute Gasteiger partial charge is 0.493 e. The van der Waals surface area contributed by atoms with Crippen LogP contribution < -0.4 is 26.0 Å². The maximum absolute atomic E-state index is 13.0. The molecule has 4 rings (SSSR count). The molecule has 0 bridgehead atoms. The minimum atomic E-state index is -0.643. The van der Waals surface area contributed by atoms with E-state index in [0.717, 1.165) is 5.56 Å². The number of aromatic amines is 1. The Kier molecular flexibility index (Phi) is 4.57. The average Bonchev–Trinajstić information content (AvgIpc) is 2.70. The van der Waals surface area contributed by atoms with Crippen molar-refractivity contribution in [2.45, 2.75) is 19.4 Å². The summed E-state index contributed by atoms with van der Waals surface area (Å²) in [5.74, 6) is 0.900. The number of amides is 1. The monoisotopic (exact) mass is 396 g/mol. The van der Waals surface area contributed by atoms with Crippen molar-refractivity contribution in [2.24, 2.45) is 7.05 Å². The van der Waals surface area contributed by atoms with Crippen LogP contribution in [-0.4, -0.2) is 40.2 Å². The van der Waals surface area contributed by atoms with E-state index in [9.17, 15) is 14.4 Å². The van der Waals surface area contributed by atoms with Gasteiger partial charge in [0.15, 0.2) is 11.5 Å². The van der Waals surface area contributed by atoms with Crippen molar-refractivity contribution < 1.29 is 14.3 Å². The Balaban J connectivity index is 1.68. The van der Waals surface area contributed by atoms with Gasteiger partial charge >= 0.3 is 5.69 Å². The Morgan fingerprint density at radius 2 is 2.17 bits per heavy atom. The average molecular weight is 396 g/mol. The number of ether oxygens (including phenoxy) is 2. The number of nitrogens with zero attached hydrogens (tertiary/aromatic N) is 2. The van der Waals surface area contributed by atoms with Gasteiger partial charge in [-0.1, -0.05) is 12.1 Å². The summed E-state index contributed by atoms with van der Waals surface area (Å²) in [6, 6.07) is 6.86. The highest BCUT2D eigenvalue weighted by molar-refractivity contribution is 6.05. The van der Waals surface area contributed by atoms with Gasteiger partial charge in [-0.15, -0.1) is 0 Å². The molecule has 0 saturated heterocycles. The molecule has 1 aliphatic heterocycles. The molecule has 0 aliphatic carbocycles. The molecule has 2 N–H and O–H groups in total. The quantitative estimate of drug-likeness (QED) is 0.673. The fourth-order valence-electron chi connectivity index (χ4n) is 3.55. The van der Waals surface area contributed by atoms with Crippen molar-refractivity contribution in [3.63, 3.8) is 0 Å². The van der Waals surface area contributed by atoms with Crippen molar-refractivity contribution in [1.29, 1.82) is 0 Å². The van der Waals surface area contributed by atoms with E-state index in [-0.39, 0.29) is 29.2 Å². The van der Waals surface area contributed by atoms with Gasteiger partial charge in [-0.2, -0.15) is 0 Å². The van der Waals surface area contributed by atoms with Gasteiger partial charge in [0, 0.05) is 18.3 Å². The minimum absolute atomic E-state index is 0.0778. The van der Waals surface area contributed by atoms with E-state index < -0.39 is 17.2 Å². The predicted molar refractivity (Wildman–Crippen MR) is 106 cm³/mol. The molecule has 29 heavy (non-hydrogen) atoms. The lowest BCUT2D eigenvalue weighted by Gasteiger charge is -2.27. The van der Waals surface area contributed by atoms with Gasteiger partial charge < -0.3 is 14.8 Å². The molecular formula is C20H20N4O5. The summed E-state index contributed by atoms with van der Waals surface area (Å²) in [6.07, 6.45) is 0.565. The highest BCUT2D eigenvalue weighted by Gasteiger charge is 2.26. The van der Waals surface area contributed by atoms with Gasteiger partial charge in [-0.3, -0.25) is 19.1 Å². The number of carbonyl (C=O) groups is 1. The fourth-order valence-corrected chi connectivity index (χ4v) is 3.55. The zero-order chi connectivity index (χ0) is 20.7. The summed E-state index contributed by atoms with van der Waals surface area (Å²) >= 11 is 0. The van der Waals surface area contributed by atoms with Crippen LogP contribution in [0.5, 0.6) is 11.5 Å². The number of benzene rings is 1. The summed E-state index contributed by atoms with van der Waals surface area (Å²) in [5.41, 5.74) is 0.559. The number of fused-ring (bicyclic) bond motifs is 2. The number of aromatic nitrogens is 3. The summed E-state index contributed by atoms with van der Waals surface area (Å²) < 4.78 is 12.3. The van der Waals surface area contributed by atoms with Gasteiger partial charge in [0.1, 0.15) is 12.3 Å². The lowest BCUT2D eigenvalue weighted by Crippen LogP contribution is -2.43. The molecule has 9 heteroatoms. The predicted octanol–water partition coefficient (Wildman–Crippen LogP) is 0.672. The maximum Gasteiger partial charge on any atom is 0.329 e. The van der Waals surface area contributed by atoms with E-state index in [0.29, 0.717) is 23.6 Å². The van der Waals surface area contributed by atoms with E-state index >= 15 is 0 Å². The molecule has 3 aromatic rings. The van der Waals surface area contributed by atoms with Crippen LogP contribution in [0.4, 0.5) is 0 Å². The van der Waals surface area contributed by atoms with Gasteiger partial charge in [-0.25, -0.2) is 9.78 Å². The first-order valence-electron chi connectivity index (χ1n) is 9.09. The molecule has 1 atom stereocenters. The number of para-hydroxylation sites is 1. The molecular weight excluding hydrogens is 376 g/mol. The zero-order valence-corrected chi connectivity index (χ0v) is 16.2.